The molecule has 0 saturated carbocycles. The van der Waals surface area contributed by atoms with Crippen LogP contribution >= 0.6 is 11.3 Å². The van der Waals surface area contributed by atoms with Crippen molar-refractivity contribution in [3.05, 3.63) is 11.1 Å². The molecule has 1 aliphatic heterocycles. The zero-order valence-corrected chi connectivity index (χ0v) is 9.96. The van der Waals surface area contributed by atoms with Crippen molar-refractivity contribution in [1.29, 1.82) is 0 Å². The Hall–Kier alpha value is -0.650. The average molecular weight is 227 g/mol. The van der Waals surface area contributed by atoms with Crippen LogP contribution in [-0.4, -0.2) is 31.3 Å². The maximum atomic E-state index is 5.78. The third-order valence-corrected chi connectivity index (χ3v) is 3.64. The van der Waals surface area contributed by atoms with Gasteiger partial charge in [0, 0.05) is 31.6 Å². The Balaban J connectivity index is 2.04. The molecule has 0 spiro atoms. The molecule has 0 aromatic carbocycles. The van der Waals surface area contributed by atoms with Gasteiger partial charge in [-0.2, -0.15) is 0 Å². The standard InChI is InChI=1S/C10H17N3OS/c1-7(11)9-6-15-10(12-9)13-4-3-8(5-13)14-2/h6-8H,3-5,11H2,1-2H3. The molecule has 1 aliphatic rings. The first-order chi connectivity index (χ1) is 7.20. The number of rotatable bonds is 3. The Kier molecular flexibility index (Phi) is 3.23. The normalized spacial score (nSPS) is 23.4. The predicted octanol–water partition coefficient (Wildman–Crippen LogP) is 1.39. The van der Waals surface area contributed by atoms with E-state index in [2.05, 4.69) is 9.88 Å². The molecule has 1 aromatic rings. The molecule has 2 unspecified atom stereocenters. The molecule has 1 fully saturated rings. The van der Waals surface area contributed by atoms with Crippen LogP contribution in [0.4, 0.5) is 5.13 Å². The number of nitrogens with zero attached hydrogens (tertiary/aromatic N) is 2. The van der Waals surface area contributed by atoms with Crippen molar-refractivity contribution in [2.45, 2.75) is 25.5 Å². The van der Waals surface area contributed by atoms with E-state index in [0.29, 0.717) is 6.10 Å². The molecule has 4 nitrogen and oxygen atoms in total. The van der Waals surface area contributed by atoms with E-state index in [0.717, 1.165) is 30.3 Å². The van der Waals surface area contributed by atoms with Gasteiger partial charge in [-0.15, -0.1) is 11.3 Å². The van der Waals surface area contributed by atoms with Crippen LogP contribution in [0.25, 0.3) is 0 Å². The predicted molar refractivity (Wildman–Crippen MR) is 62.3 cm³/mol. The largest absolute Gasteiger partial charge is 0.380 e. The SMILES string of the molecule is COC1CCN(c2nc(C(C)N)cs2)C1. The van der Waals surface area contributed by atoms with Crippen LogP contribution in [0.15, 0.2) is 5.38 Å². The Labute approximate surface area is 94.1 Å². The molecule has 15 heavy (non-hydrogen) atoms. The van der Waals surface area contributed by atoms with Crippen LogP contribution in [0.1, 0.15) is 25.1 Å². The lowest BCUT2D eigenvalue weighted by Gasteiger charge is -2.14. The summed E-state index contributed by atoms with van der Waals surface area (Å²) in [7, 11) is 1.77. The lowest BCUT2D eigenvalue weighted by Crippen LogP contribution is -2.22. The molecule has 0 aliphatic carbocycles. The second-order valence-electron chi connectivity index (χ2n) is 3.94. The summed E-state index contributed by atoms with van der Waals surface area (Å²) in [4.78, 5) is 6.79. The van der Waals surface area contributed by atoms with Crippen molar-refractivity contribution in [1.82, 2.24) is 4.98 Å². The quantitative estimate of drug-likeness (QED) is 0.847. The molecule has 84 valence electrons. The van der Waals surface area contributed by atoms with Gasteiger partial charge in [-0.05, 0) is 13.3 Å². The summed E-state index contributed by atoms with van der Waals surface area (Å²) in [6.45, 7) is 3.94. The molecular formula is C10H17N3OS. The fourth-order valence-corrected chi connectivity index (χ4v) is 2.69. The van der Waals surface area contributed by atoms with Crippen LogP contribution in [-0.2, 0) is 4.74 Å². The zero-order chi connectivity index (χ0) is 10.8. The Morgan fingerprint density at radius 3 is 3.07 bits per heavy atom. The third kappa shape index (κ3) is 2.30. The Bertz CT molecular complexity index is 326. The van der Waals surface area contributed by atoms with E-state index in [1.54, 1.807) is 18.4 Å². The van der Waals surface area contributed by atoms with Crippen molar-refractivity contribution in [3.63, 3.8) is 0 Å². The van der Waals surface area contributed by atoms with Crippen LogP contribution in [0.2, 0.25) is 0 Å². The van der Waals surface area contributed by atoms with Gasteiger partial charge in [0.2, 0.25) is 0 Å². The molecule has 0 amide bonds. The highest BCUT2D eigenvalue weighted by Gasteiger charge is 2.24. The number of ether oxygens (including phenoxy) is 1. The monoisotopic (exact) mass is 227 g/mol. The second kappa shape index (κ2) is 4.47. The highest BCUT2D eigenvalue weighted by atomic mass is 32.1. The van der Waals surface area contributed by atoms with E-state index in [1.807, 2.05) is 12.3 Å². The molecule has 5 heteroatoms. The van der Waals surface area contributed by atoms with Gasteiger partial charge in [0.1, 0.15) is 0 Å². The number of aromatic nitrogens is 1. The van der Waals surface area contributed by atoms with Gasteiger partial charge in [-0.1, -0.05) is 0 Å². The summed E-state index contributed by atoms with van der Waals surface area (Å²) in [6.07, 6.45) is 1.44. The fourth-order valence-electron chi connectivity index (χ4n) is 1.72. The number of anilines is 1. The van der Waals surface area contributed by atoms with Crippen molar-refractivity contribution in [2.24, 2.45) is 5.73 Å². The second-order valence-corrected chi connectivity index (χ2v) is 4.77. The van der Waals surface area contributed by atoms with Crippen molar-refractivity contribution in [2.75, 3.05) is 25.1 Å². The summed E-state index contributed by atoms with van der Waals surface area (Å²) in [5, 5.41) is 3.11. The van der Waals surface area contributed by atoms with Gasteiger partial charge >= 0.3 is 0 Å². The third-order valence-electron chi connectivity index (χ3n) is 2.73. The molecule has 0 radical (unpaired) electrons. The molecule has 2 N–H and O–H groups in total. The van der Waals surface area contributed by atoms with Crippen molar-refractivity contribution >= 4 is 16.5 Å². The lowest BCUT2D eigenvalue weighted by atomic mass is 10.3. The van der Waals surface area contributed by atoms with Gasteiger partial charge in [0.15, 0.2) is 5.13 Å². The van der Waals surface area contributed by atoms with Gasteiger partial charge in [-0.3, -0.25) is 0 Å². The fraction of sp³-hybridized carbons (Fsp3) is 0.700. The summed E-state index contributed by atoms with van der Waals surface area (Å²) in [5.41, 5.74) is 6.76. The van der Waals surface area contributed by atoms with Crippen LogP contribution < -0.4 is 10.6 Å². The Morgan fingerprint density at radius 2 is 2.53 bits per heavy atom. The molecule has 1 aromatic heterocycles. The number of hydrogen-bond donors (Lipinski definition) is 1. The molecular weight excluding hydrogens is 210 g/mol. The van der Waals surface area contributed by atoms with Gasteiger partial charge in [-0.25, -0.2) is 4.98 Å². The first kappa shape index (κ1) is 10.9. The minimum Gasteiger partial charge on any atom is -0.380 e. The molecule has 2 rings (SSSR count). The summed E-state index contributed by atoms with van der Waals surface area (Å²) < 4.78 is 5.33. The van der Waals surface area contributed by atoms with Crippen molar-refractivity contribution in [3.8, 4) is 0 Å². The summed E-state index contributed by atoms with van der Waals surface area (Å²) >= 11 is 1.67. The maximum Gasteiger partial charge on any atom is 0.185 e. The number of nitrogens with two attached hydrogens (primary N) is 1. The van der Waals surface area contributed by atoms with Crippen LogP contribution in [0.3, 0.4) is 0 Å². The highest BCUT2D eigenvalue weighted by Crippen LogP contribution is 2.26. The van der Waals surface area contributed by atoms with Crippen LogP contribution in [0, 0.1) is 0 Å². The van der Waals surface area contributed by atoms with E-state index in [1.165, 1.54) is 0 Å². The highest BCUT2D eigenvalue weighted by molar-refractivity contribution is 7.13. The Morgan fingerprint density at radius 1 is 1.73 bits per heavy atom. The number of thiazole rings is 1. The average Bonchev–Trinajstić information content (AvgIpc) is 2.86. The van der Waals surface area contributed by atoms with E-state index in [-0.39, 0.29) is 6.04 Å². The van der Waals surface area contributed by atoms with E-state index in [4.69, 9.17) is 10.5 Å². The zero-order valence-electron chi connectivity index (χ0n) is 9.14. The summed E-state index contributed by atoms with van der Waals surface area (Å²) in [6, 6.07) is 0.0239. The van der Waals surface area contributed by atoms with Crippen LogP contribution in [0.5, 0.6) is 0 Å². The minimum atomic E-state index is 0.0239. The molecule has 0 bridgehead atoms. The first-order valence-corrected chi connectivity index (χ1v) is 6.07. The van der Waals surface area contributed by atoms with E-state index >= 15 is 0 Å². The van der Waals surface area contributed by atoms with E-state index in [9.17, 15) is 0 Å². The molecule has 2 heterocycles. The maximum absolute atomic E-state index is 5.78. The van der Waals surface area contributed by atoms with Gasteiger partial charge < -0.3 is 15.4 Å². The first-order valence-electron chi connectivity index (χ1n) is 5.19. The minimum absolute atomic E-state index is 0.0239. The topological polar surface area (TPSA) is 51.4 Å². The lowest BCUT2D eigenvalue weighted by molar-refractivity contribution is 0.121. The van der Waals surface area contributed by atoms with Gasteiger partial charge in [0.05, 0.1) is 11.8 Å². The summed E-state index contributed by atoms with van der Waals surface area (Å²) in [5.74, 6) is 0. The van der Waals surface area contributed by atoms with Gasteiger partial charge in [0.25, 0.3) is 0 Å². The number of hydrogen-bond acceptors (Lipinski definition) is 5. The molecule has 1 saturated heterocycles. The van der Waals surface area contributed by atoms with Crippen molar-refractivity contribution < 1.29 is 4.74 Å². The number of methoxy groups -OCH3 is 1. The van der Waals surface area contributed by atoms with E-state index < -0.39 is 0 Å². The smallest absolute Gasteiger partial charge is 0.185 e. The molecule has 2 atom stereocenters.